The Bertz CT molecular complexity index is 1030. The van der Waals surface area contributed by atoms with Crippen LogP contribution in [0.5, 0.6) is 0 Å². The minimum absolute atomic E-state index is 0.146. The number of amides is 1. The molecule has 0 spiro atoms. The molecule has 1 fully saturated rings. The van der Waals surface area contributed by atoms with Gasteiger partial charge in [0.2, 0.25) is 15.9 Å². The van der Waals surface area contributed by atoms with Crippen molar-refractivity contribution in [2.75, 3.05) is 36.5 Å². The molecule has 1 amide bonds. The molecule has 1 saturated heterocycles. The smallest absolute Gasteiger partial charge is 0.269 e. The number of sulfonamides is 1. The van der Waals surface area contributed by atoms with Gasteiger partial charge in [-0.15, -0.1) is 0 Å². The Hall–Kier alpha value is -3.02. The maximum absolute atomic E-state index is 12.8. The Labute approximate surface area is 186 Å². The van der Waals surface area contributed by atoms with Gasteiger partial charge in [0.25, 0.3) is 5.69 Å². The fourth-order valence-corrected chi connectivity index (χ4v) is 4.57. The summed E-state index contributed by atoms with van der Waals surface area (Å²) in [5.74, 6) is -0.476. The summed E-state index contributed by atoms with van der Waals surface area (Å²) in [5.41, 5.74) is 1.37. The molecule has 1 heterocycles. The number of benzene rings is 2. The van der Waals surface area contributed by atoms with Gasteiger partial charge in [-0.2, -0.15) is 4.72 Å². The predicted molar refractivity (Wildman–Crippen MR) is 120 cm³/mol. The normalized spacial score (nSPS) is 15.2. The number of ether oxygens (including phenoxy) is 1. The average Bonchev–Trinajstić information content (AvgIpc) is 2.80. The van der Waals surface area contributed by atoms with Gasteiger partial charge in [0, 0.05) is 36.6 Å². The molecule has 10 nitrogen and oxygen atoms in total. The fourth-order valence-electron chi connectivity index (χ4n) is 3.34. The van der Waals surface area contributed by atoms with Crippen LogP contribution in [-0.4, -0.2) is 51.6 Å². The van der Waals surface area contributed by atoms with E-state index in [-0.39, 0.29) is 10.6 Å². The Balaban J connectivity index is 1.67. The van der Waals surface area contributed by atoms with Crippen LogP contribution in [0.4, 0.5) is 17.1 Å². The fraction of sp³-hybridized carbons (Fsp3) is 0.381. The highest BCUT2D eigenvalue weighted by molar-refractivity contribution is 7.89. The zero-order valence-corrected chi connectivity index (χ0v) is 18.5. The van der Waals surface area contributed by atoms with E-state index in [1.54, 1.807) is 12.1 Å². The zero-order chi connectivity index (χ0) is 23.1. The second-order valence-corrected chi connectivity index (χ2v) is 9.06. The van der Waals surface area contributed by atoms with E-state index in [9.17, 15) is 23.3 Å². The highest BCUT2D eigenvalue weighted by Crippen LogP contribution is 2.20. The monoisotopic (exact) mass is 462 g/mol. The Morgan fingerprint density at radius 3 is 2.31 bits per heavy atom. The van der Waals surface area contributed by atoms with Gasteiger partial charge in [0.1, 0.15) is 6.04 Å². The van der Waals surface area contributed by atoms with Crippen molar-refractivity contribution in [1.82, 2.24) is 4.72 Å². The number of morpholine rings is 1. The van der Waals surface area contributed by atoms with E-state index in [0.717, 1.165) is 43.0 Å². The van der Waals surface area contributed by atoms with Gasteiger partial charge in [-0.1, -0.05) is 13.3 Å². The molecule has 172 valence electrons. The lowest BCUT2D eigenvalue weighted by Crippen LogP contribution is -2.43. The van der Waals surface area contributed by atoms with E-state index in [0.29, 0.717) is 31.7 Å². The molecule has 32 heavy (non-hydrogen) atoms. The van der Waals surface area contributed by atoms with Gasteiger partial charge in [-0.25, -0.2) is 8.42 Å². The Kier molecular flexibility index (Phi) is 7.78. The summed E-state index contributed by atoms with van der Waals surface area (Å²) < 4.78 is 33.2. The lowest BCUT2D eigenvalue weighted by Gasteiger charge is -2.29. The second-order valence-electron chi connectivity index (χ2n) is 7.35. The number of nitro groups is 1. The third-order valence-corrected chi connectivity index (χ3v) is 6.55. The average molecular weight is 463 g/mol. The number of nitrogens with zero attached hydrogens (tertiary/aromatic N) is 2. The summed E-state index contributed by atoms with van der Waals surface area (Å²) in [6.45, 7) is 4.79. The highest BCUT2D eigenvalue weighted by Gasteiger charge is 2.26. The molecule has 0 aromatic heterocycles. The minimum Gasteiger partial charge on any atom is -0.378 e. The molecule has 11 heteroatoms. The molecule has 0 saturated carbocycles. The third kappa shape index (κ3) is 6.02. The van der Waals surface area contributed by atoms with Crippen molar-refractivity contribution in [3.8, 4) is 0 Å². The molecule has 2 aromatic rings. The SMILES string of the molecule is CCCC(NS(=O)(=O)c1ccc([N+](=O)[O-])cc1)C(=O)Nc1ccc(N2CCOCC2)cc1. The van der Waals surface area contributed by atoms with Crippen molar-refractivity contribution in [2.45, 2.75) is 30.7 Å². The number of hydrogen-bond acceptors (Lipinski definition) is 7. The maximum atomic E-state index is 12.8. The zero-order valence-electron chi connectivity index (χ0n) is 17.7. The summed E-state index contributed by atoms with van der Waals surface area (Å²) in [7, 11) is -4.03. The number of non-ortho nitro benzene ring substituents is 1. The molecular formula is C21H26N4O6S. The first-order valence-electron chi connectivity index (χ1n) is 10.3. The largest absolute Gasteiger partial charge is 0.378 e. The van der Waals surface area contributed by atoms with Crippen LogP contribution < -0.4 is 14.9 Å². The molecule has 3 rings (SSSR count). The second kappa shape index (κ2) is 10.5. The van der Waals surface area contributed by atoms with Crippen molar-refractivity contribution in [1.29, 1.82) is 0 Å². The quantitative estimate of drug-likeness (QED) is 0.432. The van der Waals surface area contributed by atoms with Gasteiger partial charge in [0.15, 0.2) is 0 Å². The number of carbonyl (C=O) groups excluding carboxylic acids is 1. The molecule has 1 atom stereocenters. The molecular weight excluding hydrogens is 436 g/mol. The summed E-state index contributed by atoms with van der Waals surface area (Å²) in [6.07, 6.45) is 0.876. The van der Waals surface area contributed by atoms with Gasteiger partial charge < -0.3 is 15.0 Å². The number of nitro benzene ring substituents is 1. The summed E-state index contributed by atoms with van der Waals surface area (Å²) in [4.78, 5) is 25.0. The summed E-state index contributed by atoms with van der Waals surface area (Å²) >= 11 is 0. The number of anilines is 2. The van der Waals surface area contributed by atoms with Crippen molar-refractivity contribution in [2.24, 2.45) is 0 Å². The number of carbonyl (C=O) groups is 1. The molecule has 1 aliphatic rings. The highest BCUT2D eigenvalue weighted by atomic mass is 32.2. The molecule has 2 aromatic carbocycles. The first-order valence-corrected chi connectivity index (χ1v) is 11.8. The molecule has 1 aliphatic heterocycles. The van der Waals surface area contributed by atoms with Gasteiger partial charge in [-0.3, -0.25) is 14.9 Å². The van der Waals surface area contributed by atoms with Crippen molar-refractivity contribution < 1.29 is 22.9 Å². The van der Waals surface area contributed by atoms with Crippen LogP contribution in [0.25, 0.3) is 0 Å². The van der Waals surface area contributed by atoms with Crippen molar-refractivity contribution in [3.05, 3.63) is 58.6 Å². The van der Waals surface area contributed by atoms with E-state index >= 15 is 0 Å². The number of nitrogens with one attached hydrogen (secondary N) is 2. The summed E-state index contributed by atoms with van der Waals surface area (Å²) in [5, 5.41) is 13.5. The topological polar surface area (TPSA) is 131 Å². The van der Waals surface area contributed by atoms with Crippen LogP contribution in [-0.2, 0) is 19.6 Å². The van der Waals surface area contributed by atoms with Crippen LogP contribution in [0.2, 0.25) is 0 Å². The summed E-state index contributed by atoms with van der Waals surface area (Å²) in [6, 6.07) is 10.9. The molecule has 2 N–H and O–H groups in total. The van der Waals surface area contributed by atoms with Crippen molar-refractivity contribution >= 4 is 33.0 Å². The lowest BCUT2D eigenvalue weighted by atomic mass is 10.1. The number of hydrogen-bond donors (Lipinski definition) is 2. The third-order valence-electron chi connectivity index (χ3n) is 5.06. The number of rotatable bonds is 9. The maximum Gasteiger partial charge on any atom is 0.269 e. The molecule has 0 radical (unpaired) electrons. The van der Waals surface area contributed by atoms with Crippen LogP contribution in [0, 0.1) is 10.1 Å². The Morgan fingerprint density at radius 2 is 1.75 bits per heavy atom. The van der Waals surface area contributed by atoms with Gasteiger partial charge in [-0.05, 0) is 42.8 Å². The van der Waals surface area contributed by atoms with E-state index in [1.807, 2.05) is 19.1 Å². The predicted octanol–water partition coefficient (Wildman–Crippen LogP) is 2.52. The van der Waals surface area contributed by atoms with Crippen LogP contribution in [0.15, 0.2) is 53.4 Å². The van der Waals surface area contributed by atoms with E-state index in [1.165, 1.54) is 0 Å². The van der Waals surface area contributed by atoms with Crippen LogP contribution in [0.1, 0.15) is 19.8 Å². The first-order chi connectivity index (χ1) is 15.3. The first kappa shape index (κ1) is 23.6. The van der Waals surface area contributed by atoms with E-state index < -0.39 is 26.9 Å². The van der Waals surface area contributed by atoms with Crippen molar-refractivity contribution in [3.63, 3.8) is 0 Å². The van der Waals surface area contributed by atoms with E-state index in [2.05, 4.69) is 14.9 Å². The lowest BCUT2D eigenvalue weighted by molar-refractivity contribution is -0.384. The van der Waals surface area contributed by atoms with Crippen LogP contribution in [0.3, 0.4) is 0 Å². The molecule has 1 unspecified atom stereocenters. The molecule has 0 bridgehead atoms. The molecule has 0 aliphatic carbocycles. The van der Waals surface area contributed by atoms with Gasteiger partial charge >= 0.3 is 0 Å². The van der Waals surface area contributed by atoms with E-state index in [4.69, 9.17) is 4.74 Å². The van der Waals surface area contributed by atoms with Gasteiger partial charge in [0.05, 0.1) is 23.0 Å². The standard InChI is InChI=1S/C21H26N4O6S/c1-2-3-20(23-32(29,30)19-10-8-18(9-11-19)25(27)28)21(26)22-16-4-6-17(7-5-16)24-12-14-31-15-13-24/h4-11,20,23H,2-3,12-15H2,1H3,(H,22,26). The van der Waals surface area contributed by atoms with Crippen LogP contribution >= 0.6 is 0 Å². The minimum atomic E-state index is -4.03. The Morgan fingerprint density at radius 1 is 1.12 bits per heavy atom.